The maximum absolute atomic E-state index is 14.9. The number of pyridine rings is 1. The number of aryl methyl sites for hydroxylation is 1. The van der Waals surface area contributed by atoms with Gasteiger partial charge in [-0.15, -0.1) is 0 Å². The van der Waals surface area contributed by atoms with Crippen molar-refractivity contribution in [2.75, 3.05) is 5.32 Å². The topological polar surface area (TPSA) is 81.7 Å². The first-order valence-corrected chi connectivity index (χ1v) is 7.93. The summed E-state index contributed by atoms with van der Waals surface area (Å²) in [4.78, 5) is 12.4. The monoisotopic (exact) mass is 348 g/mol. The van der Waals surface area contributed by atoms with E-state index in [1.54, 1.807) is 24.0 Å². The van der Waals surface area contributed by atoms with E-state index in [4.69, 9.17) is 17.3 Å². The van der Waals surface area contributed by atoms with E-state index in [2.05, 4.69) is 20.3 Å². The Bertz CT molecular complexity index is 862. The smallest absolute Gasteiger partial charge is 0.226 e. The number of hydrogen-bond donors (Lipinski definition) is 2. The molecule has 8 heteroatoms. The minimum Gasteiger partial charge on any atom is -0.365 e. The number of fused-ring (bicyclic) bond motifs is 1. The molecule has 0 amide bonds. The minimum atomic E-state index is -0.366. The zero-order valence-corrected chi connectivity index (χ0v) is 14.2. The van der Waals surface area contributed by atoms with Gasteiger partial charge in [0.1, 0.15) is 11.5 Å². The molecule has 24 heavy (non-hydrogen) atoms. The van der Waals surface area contributed by atoms with Crippen LogP contribution in [0.5, 0.6) is 0 Å². The lowest BCUT2D eigenvalue weighted by Gasteiger charge is -2.07. The first-order chi connectivity index (χ1) is 11.5. The second-order valence-electron chi connectivity index (χ2n) is 5.76. The van der Waals surface area contributed by atoms with E-state index in [-0.39, 0.29) is 17.1 Å². The van der Waals surface area contributed by atoms with Gasteiger partial charge in [0, 0.05) is 38.4 Å². The zero-order chi connectivity index (χ0) is 17.3. The maximum Gasteiger partial charge on any atom is 0.226 e. The van der Waals surface area contributed by atoms with E-state index in [9.17, 15) is 4.39 Å². The third-order valence-corrected chi connectivity index (χ3v) is 3.93. The number of nitrogens with one attached hydrogen (secondary N) is 1. The van der Waals surface area contributed by atoms with Gasteiger partial charge in [0.05, 0.1) is 11.1 Å². The Balaban J connectivity index is 2.04. The van der Waals surface area contributed by atoms with Gasteiger partial charge in [0.15, 0.2) is 5.82 Å². The van der Waals surface area contributed by atoms with Gasteiger partial charge >= 0.3 is 0 Å². The van der Waals surface area contributed by atoms with Crippen molar-refractivity contribution in [2.45, 2.75) is 25.9 Å². The van der Waals surface area contributed by atoms with Crippen LogP contribution in [0.3, 0.4) is 0 Å². The second kappa shape index (κ2) is 6.70. The molecule has 3 N–H and O–H groups in total. The van der Waals surface area contributed by atoms with Crippen molar-refractivity contribution in [3.05, 3.63) is 46.9 Å². The van der Waals surface area contributed by atoms with E-state index in [1.165, 1.54) is 0 Å². The van der Waals surface area contributed by atoms with E-state index in [0.717, 1.165) is 5.56 Å². The summed E-state index contributed by atoms with van der Waals surface area (Å²) in [6, 6.07) is 3.59. The summed E-state index contributed by atoms with van der Waals surface area (Å²) in [5, 5.41) is 3.50. The highest BCUT2D eigenvalue weighted by Crippen LogP contribution is 2.30. The highest BCUT2D eigenvalue weighted by Gasteiger charge is 2.21. The molecular weight excluding hydrogens is 331 g/mol. The van der Waals surface area contributed by atoms with Crippen LogP contribution in [-0.2, 0) is 20.0 Å². The quantitative estimate of drug-likeness (QED) is 0.693. The summed E-state index contributed by atoms with van der Waals surface area (Å²) >= 11 is 6.01. The normalized spacial score (nSPS) is 12.5. The molecule has 0 fully saturated rings. The van der Waals surface area contributed by atoms with E-state index >= 15 is 0 Å². The number of rotatable bonds is 5. The molecular formula is C16H18ClFN6. The Labute approximate surface area is 143 Å². The molecule has 0 aliphatic rings. The predicted octanol–water partition coefficient (Wildman–Crippen LogP) is 2.66. The van der Waals surface area contributed by atoms with Crippen LogP contribution < -0.4 is 11.1 Å². The van der Waals surface area contributed by atoms with Gasteiger partial charge in [-0.2, -0.15) is 9.97 Å². The Morgan fingerprint density at radius 2 is 2.21 bits per heavy atom. The molecule has 0 spiro atoms. The molecule has 3 aromatic rings. The Morgan fingerprint density at radius 3 is 2.88 bits per heavy atom. The molecule has 0 saturated carbocycles. The summed E-state index contributed by atoms with van der Waals surface area (Å²) in [6.45, 7) is 2.28. The molecule has 0 bridgehead atoms. The third-order valence-electron chi connectivity index (χ3n) is 3.76. The first kappa shape index (κ1) is 16.6. The molecule has 0 aromatic carbocycles. The second-order valence-corrected chi connectivity index (χ2v) is 6.09. The number of nitrogens with two attached hydrogens (primary N) is 1. The predicted molar refractivity (Wildman–Crippen MR) is 92.4 cm³/mol. The van der Waals surface area contributed by atoms with Crippen molar-refractivity contribution in [1.29, 1.82) is 0 Å². The lowest BCUT2D eigenvalue weighted by Crippen LogP contribution is -2.20. The molecule has 3 heterocycles. The summed E-state index contributed by atoms with van der Waals surface area (Å²) in [7, 11) is 1.75. The van der Waals surface area contributed by atoms with Crippen LogP contribution in [0.2, 0.25) is 5.28 Å². The fourth-order valence-corrected chi connectivity index (χ4v) is 2.80. The van der Waals surface area contributed by atoms with Crippen LogP contribution >= 0.6 is 11.6 Å². The Kier molecular flexibility index (Phi) is 4.64. The number of nitrogens with zero attached hydrogens (tertiary/aromatic N) is 4. The molecule has 0 aliphatic carbocycles. The van der Waals surface area contributed by atoms with Crippen molar-refractivity contribution < 1.29 is 4.39 Å². The third kappa shape index (κ3) is 3.18. The van der Waals surface area contributed by atoms with E-state index in [1.807, 2.05) is 19.1 Å². The van der Waals surface area contributed by atoms with Crippen molar-refractivity contribution in [3.8, 4) is 0 Å². The van der Waals surface area contributed by atoms with Crippen molar-refractivity contribution in [2.24, 2.45) is 12.8 Å². The van der Waals surface area contributed by atoms with E-state index < -0.39 is 0 Å². The van der Waals surface area contributed by atoms with E-state index in [0.29, 0.717) is 35.5 Å². The lowest BCUT2D eigenvalue weighted by molar-refractivity contribution is 0.586. The van der Waals surface area contributed by atoms with Crippen LogP contribution in [0.25, 0.3) is 11.0 Å². The highest BCUT2D eigenvalue weighted by atomic mass is 35.5. The van der Waals surface area contributed by atoms with Crippen LogP contribution in [0.15, 0.2) is 24.5 Å². The summed E-state index contributed by atoms with van der Waals surface area (Å²) in [5.74, 6) is -0.00645. The summed E-state index contributed by atoms with van der Waals surface area (Å²) in [6.07, 6.45) is 3.83. The number of hydrogen-bond acceptors (Lipinski definition) is 5. The Hall–Kier alpha value is -2.25. The molecule has 126 valence electrons. The van der Waals surface area contributed by atoms with Gasteiger partial charge in [-0.1, -0.05) is 6.07 Å². The fourth-order valence-electron chi connectivity index (χ4n) is 2.63. The fraction of sp³-hybridized carbons (Fsp3) is 0.312. The zero-order valence-electron chi connectivity index (χ0n) is 13.4. The van der Waals surface area contributed by atoms with Gasteiger partial charge in [-0.25, -0.2) is 4.39 Å². The molecule has 0 aliphatic heterocycles. The standard InChI is InChI=1S/C16H18ClFN6/c1-9(19)6-11-13(18)12-14(21-8-10-4-3-5-20-7-10)22-16(17)23-15(12)24(11)2/h3-5,7,9H,6,8,19H2,1-2H3,(H,21,22,23). The average Bonchev–Trinajstić information content (AvgIpc) is 2.78. The molecule has 3 aromatic heterocycles. The molecule has 0 radical (unpaired) electrons. The largest absolute Gasteiger partial charge is 0.365 e. The van der Waals surface area contributed by atoms with Crippen molar-refractivity contribution >= 4 is 28.5 Å². The Morgan fingerprint density at radius 1 is 1.42 bits per heavy atom. The van der Waals surface area contributed by atoms with Gasteiger partial charge in [0.25, 0.3) is 0 Å². The van der Waals surface area contributed by atoms with Crippen LogP contribution in [0, 0.1) is 5.82 Å². The summed E-state index contributed by atoms with van der Waals surface area (Å²) < 4.78 is 16.6. The molecule has 1 unspecified atom stereocenters. The number of halogens is 2. The first-order valence-electron chi connectivity index (χ1n) is 7.56. The molecule has 1 atom stereocenters. The van der Waals surface area contributed by atoms with Gasteiger partial charge in [0.2, 0.25) is 5.28 Å². The van der Waals surface area contributed by atoms with Gasteiger partial charge < -0.3 is 15.6 Å². The highest BCUT2D eigenvalue weighted by molar-refractivity contribution is 6.28. The SMILES string of the molecule is CC(N)Cc1c(F)c2c(NCc3cccnc3)nc(Cl)nc2n1C. The molecule has 0 saturated heterocycles. The van der Waals surface area contributed by atoms with Gasteiger partial charge in [-0.05, 0) is 30.2 Å². The van der Waals surface area contributed by atoms with Crippen molar-refractivity contribution in [1.82, 2.24) is 19.5 Å². The van der Waals surface area contributed by atoms with Crippen LogP contribution in [-0.4, -0.2) is 25.6 Å². The minimum absolute atomic E-state index is 0.0594. The number of anilines is 1. The average molecular weight is 349 g/mol. The van der Waals surface area contributed by atoms with Crippen LogP contribution in [0.1, 0.15) is 18.2 Å². The lowest BCUT2D eigenvalue weighted by atomic mass is 10.2. The molecule has 6 nitrogen and oxygen atoms in total. The molecule has 3 rings (SSSR count). The summed E-state index contributed by atoms with van der Waals surface area (Å²) in [5.41, 5.74) is 7.70. The van der Waals surface area contributed by atoms with Crippen molar-refractivity contribution in [3.63, 3.8) is 0 Å². The maximum atomic E-state index is 14.9. The van der Waals surface area contributed by atoms with Gasteiger partial charge in [-0.3, -0.25) is 4.98 Å². The number of aromatic nitrogens is 4. The van der Waals surface area contributed by atoms with Crippen LogP contribution in [0.4, 0.5) is 10.2 Å².